The van der Waals surface area contributed by atoms with E-state index in [2.05, 4.69) is 49.4 Å². The molecule has 0 fully saturated rings. The van der Waals surface area contributed by atoms with Gasteiger partial charge in [-0.15, -0.1) is 0 Å². The van der Waals surface area contributed by atoms with E-state index in [0.717, 1.165) is 24.3 Å². The maximum absolute atomic E-state index is 5.91. The molecule has 0 saturated heterocycles. The SMILES string of the molecule is COc1cc(N)cc(C(C)CCCc2ccccc2)c1. The second kappa shape index (κ2) is 6.99. The summed E-state index contributed by atoms with van der Waals surface area (Å²) in [5, 5.41) is 0. The molecule has 20 heavy (non-hydrogen) atoms. The lowest BCUT2D eigenvalue weighted by atomic mass is 9.94. The molecule has 2 heteroatoms. The number of ether oxygens (including phenoxy) is 1. The van der Waals surface area contributed by atoms with Crippen LogP contribution in [0.15, 0.2) is 48.5 Å². The zero-order chi connectivity index (χ0) is 14.4. The Balaban J connectivity index is 1.91. The summed E-state index contributed by atoms with van der Waals surface area (Å²) < 4.78 is 5.28. The highest BCUT2D eigenvalue weighted by molar-refractivity contribution is 5.48. The summed E-state index contributed by atoms with van der Waals surface area (Å²) in [7, 11) is 1.68. The predicted molar refractivity (Wildman–Crippen MR) is 85.2 cm³/mol. The van der Waals surface area contributed by atoms with Crippen molar-refractivity contribution in [1.29, 1.82) is 0 Å². The average Bonchev–Trinajstić information content (AvgIpc) is 2.47. The van der Waals surface area contributed by atoms with Gasteiger partial charge in [-0.05, 0) is 48.4 Å². The molecule has 0 radical (unpaired) electrons. The summed E-state index contributed by atoms with van der Waals surface area (Å²) in [6.45, 7) is 2.25. The number of hydrogen-bond donors (Lipinski definition) is 1. The summed E-state index contributed by atoms with van der Waals surface area (Å²) >= 11 is 0. The smallest absolute Gasteiger partial charge is 0.121 e. The lowest BCUT2D eigenvalue weighted by Crippen LogP contribution is -1.98. The second-order valence-corrected chi connectivity index (χ2v) is 5.32. The predicted octanol–water partition coefficient (Wildman–Crippen LogP) is 4.40. The molecule has 0 bridgehead atoms. The third-order valence-corrected chi connectivity index (χ3v) is 3.70. The van der Waals surface area contributed by atoms with Crippen LogP contribution in [0.25, 0.3) is 0 Å². The Labute approximate surface area is 121 Å². The van der Waals surface area contributed by atoms with Crippen molar-refractivity contribution in [3.63, 3.8) is 0 Å². The number of hydrogen-bond acceptors (Lipinski definition) is 2. The Kier molecular flexibility index (Phi) is 5.05. The van der Waals surface area contributed by atoms with Gasteiger partial charge < -0.3 is 10.5 Å². The molecule has 0 aliphatic heterocycles. The molecule has 2 aromatic carbocycles. The quantitative estimate of drug-likeness (QED) is 0.789. The van der Waals surface area contributed by atoms with Gasteiger partial charge in [-0.25, -0.2) is 0 Å². The average molecular weight is 269 g/mol. The molecule has 0 aliphatic carbocycles. The van der Waals surface area contributed by atoms with Crippen LogP contribution in [0.5, 0.6) is 5.75 Å². The fraction of sp³-hybridized carbons (Fsp3) is 0.333. The van der Waals surface area contributed by atoms with Gasteiger partial charge in [0.15, 0.2) is 0 Å². The van der Waals surface area contributed by atoms with Crippen LogP contribution in [-0.4, -0.2) is 7.11 Å². The minimum absolute atomic E-state index is 0.496. The molecule has 2 aromatic rings. The molecule has 0 aliphatic rings. The molecule has 0 amide bonds. The Morgan fingerprint density at radius 3 is 2.55 bits per heavy atom. The highest BCUT2D eigenvalue weighted by atomic mass is 16.5. The summed E-state index contributed by atoms with van der Waals surface area (Å²) in [6, 6.07) is 16.6. The van der Waals surface area contributed by atoms with Crippen LogP contribution in [-0.2, 0) is 6.42 Å². The van der Waals surface area contributed by atoms with Crippen LogP contribution in [0.1, 0.15) is 36.8 Å². The Morgan fingerprint density at radius 2 is 1.85 bits per heavy atom. The number of nitrogen functional groups attached to an aromatic ring is 1. The van der Waals surface area contributed by atoms with Gasteiger partial charge in [0, 0.05) is 11.8 Å². The van der Waals surface area contributed by atoms with E-state index in [1.165, 1.54) is 17.5 Å². The van der Waals surface area contributed by atoms with Gasteiger partial charge in [0.05, 0.1) is 7.11 Å². The van der Waals surface area contributed by atoms with Gasteiger partial charge in [0.25, 0.3) is 0 Å². The minimum Gasteiger partial charge on any atom is -0.497 e. The molecule has 0 saturated carbocycles. The first-order valence-electron chi connectivity index (χ1n) is 7.17. The Hall–Kier alpha value is -1.96. The van der Waals surface area contributed by atoms with Gasteiger partial charge >= 0.3 is 0 Å². The van der Waals surface area contributed by atoms with Crippen LogP contribution in [0.4, 0.5) is 5.69 Å². The molecule has 2 N–H and O–H groups in total. The van der Waals surface area contributed by atoms with Crippen molar-refractivity contribution in [1.82, 2.24) is 0 Å². The van der Waals surface area contributed by atoms with Crippen molar-refractivity contribution in [2.24, 2.45) is 0 Å². The lowest BCUT2D eigenvalue weighted by molar-refractivity contribution is 0.414. The van der Waals surface area contributed by atoms with E-state index in [4.69, 9.17) is 10.5 Å². The highest BCUT2D eigenvalue weighted by Gasteiger charge is 2.08. The molecule has 0 aromatic heterocycles. The van der Waals surface area contributed by atoms with Crippen molar-refractivity contribution in [3.8, 4) is 5.75 Å². The second-order valence-electron chi connectivity index (χ2n) is 5.32. The van der Waals surface area contributed by atoms with Crippen LogP contribution in [0, 0.1) is 0 Å². The first-order valence-corrected chi connectivity index (χ1v) is 7.17. The highest BCUT2D eigenvalue weighted by Crippen LogP contribution is 2.27. The van der Waals surface area contributed by atoms with E-state index in [0.29, 0.717) is 5.92 Å². The molecule has 1 atom stereocenters. The number of aryl methyl sites for hydroxylation is 1. The molecular formula is C18H23NO. The monoisotopic (exact) mass is 269 g/mol. The summed E-state index contributed by atoms with van der Waals surface area (Å²) in [6.07, 6.45) is 3.47. The molecule has 2 nitrogen and oxygen atoms in total. The number of nitrogens with two attached hydrogens (primary N) is 1. The molecular weight excluding hydrogens is 246 g/mol. The van der Waals surface area contributed by atoms with Crippen LogP contribution < -0.4 is 10.5 Å². The topological polar surface area (TPSA) is 35.2 Å². The van der Waals surface area contributed by atoms with E-state index in [-0.39, 0.29) is 0 Å². The van der Waals surface area contributed by atoms with Gasteiger partial charge in [0.1, 0.15) is 5.75 Å². The van der Waals surface area contributed by atoms with Crippen LogP contribution in [0.2, 0.25) is 0 Å². The maximum atomic E-state index is 5.91. The molecule has 0 spiro atoms. The Bertz CT molecular complexity index is 536. The third-order valence-electron chi connectivity index (χ3n) is 3.70. The summed E-state index contributed by atoms with van der Waals surface area (Å²) in [5.41, 5.74) is 9.35. The van der Waals surface area contributed by atoms with Gasteiger partial charge in [-0.1, -0.05) is 37.3 Å². The molecule has 2 rings (SSSR count). The fourth-order valence-electron chi connectivity index (χ4n) is 2.47. The standard InChI is InChI=1S/C18H23NO/c1-14(7-6-10-15-8-4-3-5-9-15)16-11-17(19)13-18(12-16)20-2/h3-5,8-9,11-14H,6-7,10,19H2,1-2H3. The van der Waals surface area contributed by atoms with Gasteiger partial charge in [0.2, 0.25) is 0 Å². The van der Waals surface area contributed by atoms with Crippen LogP contribution >= 0.6 is 0 Å². The van der Waals surface area contributed by atoms with Crippen LogP contribution in [0.3, 0.4) is 0 Å². The zero-order valence-electron chi connectivity index (χ0n) is 12.3. The summed E-state index contributed by atoms with van der Waals surface area (Å²) in [4.78, 5) is 0. The van der Waals surface area contributed by atoms with E-state index >= 15 is 0 Å². The zero-order valence-corrected chi connectivity index (χ0v) is 12.3. The summed E-state index contributed by atoms with van der Waals surface area (Å²) in [5.74, 6) is 1.34. The number of rotatable bonds is 6. The van der Waals surface area contributed by atoms with E-state index < -0.39 is 0 Å². The molecule has 106 valence electrons. The normalized spacial score (nSPS) is 12.1. The molecule has 0 heterocycles. The van der Waals surface area contributed by atoms with Gasteiger partial charge in [-0.2, -0.15) is 0 Å². The molecule has 1 unspecified atom stereocenters. The number of methoxy groups -OCH3 is 1. The van der Waals surface area contributed by atoms with Crippen molar-refractivity contribution in [3.05, 3.63) is 59.7 Å². The first-order chi connectivity index (χ1) is 9.69. The lowest BCUT2D eigenvalue weighted by Gasteiger charge is -2.14. The largest absolute Gasteiger partial charge is 0.497 e. The first kappa shape index (κ1) is 14.4. The van der Waals surface area contributed by atoms with E-state index in [1.54, 1.807) is 7.11 Å². The van der Waals surface area contributed by atoms with E-state index in [1.807, 2.05) is 6.07 Å². The minimum atomic E-state index is 0.496. The number of benzene rings is 2. The maximum Gasteiger partial charge on any atom is 0.121 e. The van der Waals surface area contributed by atoms with E-state index in [9.17, 15) is 0 Å². The van der Waals surface area contributed by atoms with Gasteiger partial charge in [-0.3, -0.25) is 0 Å². The van der Waals surface area contributed by atoms with Crippen molar-refractivity contribution < 1.29 is 4.74 Å². The van der Waals surface area contributed by atoms with Crippen molar-refractivity contribution >= 4 is 5.69 Å². The van der Waals surface area contributed by atoms with Crippen molar-refractivity contribution in [2.45, 2.75) is 32.1 Å². The fourth-order valence-corrected chi connectivity index (χ4v) is 2.47. The third kappa shape index (κ3) is 4.02. The Morgan fingerprint density at radius 1 is 1.10 bits per heavy atom. The number of anilines is 1. The van der Waals surface area contributed by atoms with Crippen molar-refractivity contribution in [2.75, 3.05) is 12.8 Å².